The molecule has 0 bridgehead atoms. The van der Waals surface area contributed by atoms with Crippen molar-refractivity contribution in [2.75, 3.05) is 19.8 Å². The molecule has 0 aliphatic heterocycles. The standard InChI is InChI=1S/C21H41NO4/c1-11-21(10,17(24)26-15-18(2,3)4)14-20(8,9)16(23)25-13-12-22-19(5,6)7/h22H,11-15H2,1-10H3. The van der Waals surface area contributed by atoms with Crippen molar-refractivity contribution in [2.24, 2.45) is 16.2 Å². The molecule has 1 unspecified atom stereocenters. The molecule has 5 nitrogen and oxygen atoms in total. The van der Waals surface area contributed by atoms with Crippen molar-refractivity contribution in [3.8, 4) is 0 Å². The zero-order valence-corrected chi connectivity index (χ0v) is 18.7. The molecule has 0 radical (unpaired) electrons. The summed E-state index contributed by atoms with van der Waals surface area (Å²) in [6.45, 7) is 21.0. The molecule has 0 aromatic carbocycles. The fourth-order valence-electron chi connectivity index (χ4n) is 2.61. The summed E-state index contributed by atoms with van der Waals surface area (Å²) in [6.07, 6.45) is 1.00. The van der Waals surface area contributed by atoms with Gasteiger partial charge >= 0.3 is 11.9 Å². The highest BCUT2D eigenvalue weighted by molar-refractivity contribution is 5.80. The monoisotopic (exact) mass is 371 g/mol. The number of nitrogens with one attached hydrogen (secondary N) is 1. The van der Waals surface area contributed by atoms with Gasteiger partial charge in [0.2, 0.25) is 0 Å². The van der Waals surface area contributed by atoms with Crippen LogP contribution in [0.5, 0.6) is 0 Å². The fraction of sp³-hybridized carbons (Fsp3) is 0.905. The zero-order chi connectivity index (χ0) is 20.8. The van der Waals surface area contributed by atoms with Crippen molar-refractivity contribution in [2.45, 2.75) is 87.6 Å². The van der Waals surface area contributed by atoms with Crippen LogP contribution in [-0.2, 0) is 19.1 Å². The van der Waals surface area contributed by atoms with E-state index in [0.29, 0.717) is 32.6 Å². The van der Waals surface area contributed by atoms with Crippen molar-refractivity contribution in [1.29, 1.82) is 0 Å². The second-order valence-corrected chi connectivity index (χ2v) is 10.4. The molecule has 154 valence electrons. The van der Waals surface area contributed by atoms with E-state index in [1.54, 1.807) is 0 Å². The van der Waals surface area contributed by atoms with Crippen LogP contribution in [-0.4, -0.2) is 37.2 Å². The van der Waals surface area contributed by atoms with Gasteiger partial charge in [-0.05, 0) is 59.8 Å². The second-order valence-electron chi connectivity index (χ2n) is 10.4. The molecule has 0 aliphatic carbocycles. The summed E-state index contributed by atoms with van der Waals surface area (Å²) >= 11 is 0. The molecule has 26 heavy (non-hydrogen) atoms. The van der Waals surface area contributed by atoms with Crippen LogP contribution in [0.15, 0.2) is 0 Å². The zero-order valence-electron chi connectivity index (χ0n) is 18.7. The number of hydrogen-bond donors (Lipinski definition) is 1. The first-order valence-corrected chi connectivity index (χ1v) is 9.62. The number of rotatable bonds is 9. The van der Waals surface area contributed by atoms with Gasteiger partial charge in [0.25, 0.3) is 0 Å². The average molecular weight is 372 g/mol. The van der Waals surface area contributed by atoms with Gasteiger partial charge in [0.1, 0.15) is 6.61 Å². The lowest BCUT2D eigenvalue weighted by molar-refractivity contribution is -0.164. The lowest BCUT2D eigenvalue weighted by Gasteiger charge is -2.34. The Morgan fingerprint density at radius 1 is 0.846 bits per heavy atom. The molecule has 1 atom stereocenters. The van der Waals surface area contributed by atoms with E-state index in [4.69, 9.17) is 9.47 Å². The van der Waals surface area contributed by atoms with E-state index in [2.05, 4.69) is 26.1 Å². The highest BCUT2D eigenvalue weighted by Crippen LogP contribution is 2.38. The van der Waals surface area contributed by atoms with Gasteiger partial charge in [-0.2, -0.15) is 0 Å². The van der Waals surface area contributed by atoms with Gasteiger partial charge in [-0.1, -0.05) is 27.7 Å². The van der Waals surface area contributed by atoms with Crippen LogP contribution in [0.25, 0.3) is 0 Å². The van der Waals surface area contributed by atoms with E-state index in [1.165, 1.54) is 0 Å². The molecule has 0 aliphatic rings. The van der Waals surface area contributed by atoms with Crippen LogP contribution in [0.2, 0.25) is 0 Å². The van der Waals surface area contributed by atoms with E-state index in [9.17, 15) is 9.59 Å². The second kappa shape index (κ2) is 9.20. The minimum absolute atomic E-state index is 0.0144. The first-order valence-electron chi connectivity index (χ1n) is 9.62. The Morgan fingerprint density at radius 3 is 1.81 bits per heavy atom. The summed E-state index contributed by atoms with van der Waals surface area (Å²) in [6, 6.07) is 0. The predicted molar refractivity (Wildman–Crippen MR) is 106 cm³/mol. The first-order chi connectivity index (χ1) is 11.5. The number of hydrogen-bond acceptors (Lipinski definition) is 5. The van der Waals surface area contributed by atoms with Crippen molar-refractivity contribution < 1.29 is 19.1 Å². The van der Waals surface area contributed by atoms with Crippen molar-refractivity contribution in [3.63, 3.8) is 0 Å². The highest BCUT2D eigenvalue weighted by Gasteiger charge is 2.43. The van der Waals surface area contributed by atoms with Crippen LogP contribution < -0.4 is 5.32 Å². The Labute approximate surface area is 160 Å². The summed E-state index contributed by atoms with van der Waals surface area (Å²) in [5.74, 6) is -0.526. The quantitative estimate of drug-likeness (QED) is 0.482. The van der Waals surface area contributed by atoms with E-state index in [1.807, 2.05) is 48.5 Å². The molecular formula is C21H41NO4. The van der Waals surface area contributed by atoms with Gasteiger partial charge in [0, 0.05) is 12.1 Å². The summed E-state index contributed by atoms with van der Waals surface area (Å²) in [5, 5.41) is 3.29. The lowest BCUT2D eigenvalue weighted by Crippen LogP contribution is -2.41. The molecule has 0 amide bonds. The Balaban J connectivity index is 4.78. The summed E-state index contributed by atoms with van der Waals surface area (Å²) in [4.78, 5) is 25.1. The Hall–Kier alpha value is -1.10. The third-order valence-electron chi connectivity index (χ3n) is 4.28. The third-order valence-corrected chi connectivity index (χ3v) is 4.28. The average Bonchev–Trinajstić information content (AvgIpc) is 2.46. The largest absolute Gasteiger partial charge is 0.465 e. The van der Waals surface area contributed by atoms with Gasteiger partial charge in [-0.3, -0.25) is 9.59 Å². The molecule has 0 saturated carbocycles. The molecule has 0 heterocycles. The number of carbonyl (C=O) groups is 2. The Kier molecular flexibility index (Phi) is 8.82. The van der Waals surface area contributed by atoms with Gasteiger partial charge in [0.05, 0.1) is 17.4 Å². The van der Waals surface area contributed by atoms with Gasteiger partial charge < -0.3 is 14.8 Å². The van der Waals surface area contributed by atoms with E-state index in [0.717, 1.165) is 0 Å². The maximum atomic E-state index is 12.6. The molecule has 1 N–H and O–H groups in total. The van der Waals surface area contributed by atoms with Crippen LogP contribution >= 0.6 is 0 Å². The first kappa shape index (κ1) is 24.9. The molecule has 0 aromatic heterocycles. The minimum atomic E-state index is -0.757. The van der Waals surface area contributed by atoms with E-state index >= 15 is 0 Å². The van der Waals surface area contributed by atoms with E-state index < -0.39 is 10.8 Å². The highest BCUT2D eigenvalue weighted by atomic mass is 16.5. The lowest BCUT2D eigenvalue weighted by atomic mass is 9.72. The molecule has 0 spiro atoms. The molecule has 0 rings (SSSR count). The maximum Gasteiger partial charge on any atom is 0.311 e. The smallest absolute Gasteiger partial charge is 0.311 e. The SMILES string of the molecule is CCC(C)(CC(C)(C)C(=O)OCCNC(C)(C)C)C(=O)OCC(C)(C)C. The molecule has 5 heteroatoms. The molecule has 0 fully saturated rings. The van der Waals surface area contributed by atoms with Crippen molar-refractivity contribution >= 4 is 11.9 Å². The summed E-state index contributed by atoms with van der Waals surface area (Å²) in [5.41, 5.74) is -1.57. The fourth-order valence-corrected chi connectivity index (χ4v) is 2.61. The number of carbonyl (C=O) groups excluding carboxylic acids is 2. The summed E-state index contributed by atoms with van der Waals surface area (Å²) < 4.78 is 11.0. The van der Waals surface area contributed by atoms with Crippen LogP contribution in [0.4, 0.5) is 0 Å². The van der Waals surface area contributed by atoms with Crippen molar-refractivity contribution in [3.05, 3.63) is 0 Å². The Bertz CT molecular complexity index is 471. The van der Waals surface area contributed by atoms with Gasteiger partial charge in [-0.15, -0.1) is 0 Å². The number of ether oxygens (including phenoxy) is 2. The normalized spacial score (nSPS) is 15.3. The molecule has 0 aromatic rings. The van der Waals surface area contributed by atoms with Crippen LogP contribution in [0, 0.1) is 16.2 Å². The summed E-state index contributed by atoms with van der Waals surface area (Å²) in [7, 11) is 0. The topological polar surface area (TPSA) is 64.6 Å². The number of esters is 2. The Morgan fingerprint density at radius 2 is 1.38 bits per heavy atom. The van der Waals surface area contributed by atoms with Crippen molar-refractivity contribution in [1.82, 2.24) is 5.32 Å². The molecular weight excluding hydrogens is 330 g/mol. The maximum absolute atomic E-state index is 12.6. The van der Waals surface area contributed by atoms with E-state index in [-0.39, 0.29) is 22.9 Å². The van der Waals surface area contributed by atoms with Crippen LogP contribution in [0.1, 0.15) is 82.1 Å². The predicted octanol–water partition coefficient (Wildman–Crippen LogP) is 4.34. The molecule has 0 saturated heterocycles. The minimum Gasteiger partial charge on any atom is -0.465 e. The third kappa shape index (κ3) is 9.56. The van der Waals surface area contributed by atoms with Gasteiger partial charge in [-0.25, -0.2) is 0 Å². The van der Waals surface area contributed by atoms with Gasteiger partial charge in [0.15, 0.2) is 0 Å². The van der Waals surface area contributed by atoms with Crippen LogP contribution in [0.3, 0.4) is 0 Å².